The summed E-state index contributed by atoms with van der Waals surface area (Å²) in [6.45, 7) is 2.17. The summed E-state index contributed by atoms with van der Waals surface area (Å²) < 4.78 is 0. The highest BCUT2D eigenvalue weighted by Gasteiger charge is 2.15. The zero-order valence-corrected chi connectivity index (χ0v) is 12.2. The first-order valence-corrected chi connectivity index (χ1v) is 7.68. The Hall–Kier alpha value is -2.06. The van der Waals surface area contributed by atoms with E-state index < -0.39 is 0 Å². The van der Waals surface area contributed by atoms with E-state index in [1.807, 2.05) is 0 Å². The van der Waals surface area contributed by atoms with Crippen LogP contribution in [0.1, 0.15) is 22.7 Å². The fraction of sp³-hybridized carbons (Fsp3) is 0.111. The molecule has 0 aliphatic rings. The molecule has 1 aromatic heterocycles. The van der Waals surface area contributed by atoms with Crippen LogP contribution in [0.25, 0.3) is 0 Å². The molecule has 0 aliphatic heterocycles. The van der Waals surface area contributed by atoms with Crippen LogP contribution in [0.5, 0.6) is 0 Å². The van der Waals surface area contributed by atoms with E-state index in [9.17, 15) is 0 Å². The largest absolute Gasteiger partial charge is 0.373 e. The van der Waals surface area contributed by atoms with Crippen LogP contribution in [0.4, 0.5) is 5.69 Å². The van der Waals surface area contributed by atoms with Gasteiger partial charge < -0.3 is 5.32 Å². The Morgan fingerprint density at radius 3 is 2.35 bits per heavy atom. The van der Waals surface area contributed by atoms with Crippen molar-refractivity contribution in [1.29, 1.82) is 0 Å². The molecule has 1 N–H and O–H groups in total. The van der Waals surface area contributed by atoms with Crippen molar-refractivity contribution in [2.75, 3.05) is 5.32 Å². The number of thiophene rings is 1. The van der Waals surface area contributed by atoms with Gasteiger partial charge >= 0.3 is 0 Å². The highest BCUT2D eigenvalue weighted by molar-refractivity contribution is 7.08. The Morgan fingerprint density at radius 2 is 1.65 bits per heavy atom. The lowest BCUT2D eigenvalue weighted by Gasteiger charge is -2.22. The van der Waals surface area contributed by atoms with Gasteiger partial charge in [-0.25, -0.2) is 0 Å². The molecule has 0 bridgehead atoms. The van der Waals surface area contributed by atoms with Crippen molar-refractivity contribution >= 4 is 17.0 Å². The fourth-order valence-electron chi connectivity index (χ4n) is 2.41. The molecule has 100 valence electrons. The van der Waals surface area contributed by atoms with E-state index in [0.717, 1.165) is 0 Å². The van der Waals surface area contributed by atoms with Gasteiger partial charge in [-0.05, 0) is 35.1 Å². The number of aryl methyl sites for hydroxylation is 1. The first-order chi connectivity index (χ1) is 9.84. The van der Waals surface area contributed by atoms with Crippen LogP contribution in [0.2, 0.25) is 0 Å². The second-order valence-corrected chi connectivity index (χ2v) is 5.64. The first kappa shape index (κ1) is 12.9. The minimum absolute atomic E-state index is 0.187. The van der Waals surface area contributed by atoms with E-state index in [2.05, 4.69) is 83.7 Å². The van der Waals surface area contributed by atoms with Gasteiger partial charge in [0.15, 0.2) is 0 Å². The van der Waals surface area contributed by atoms with Crippen LogP contribution in [-0.2, 0) is 0 Å². The summed E-state index contributed by atoms with van der Waals surface area (Å²) in [6, 6.07) is 21.5. The van der Waals surface area contributed by atoms with Gasteiger partial charge in [0.1, 0.15) is 0 Å². The third-order valence-electron chi connectivity index (χ3n) is 3.46. The second kappa shape index (κ2) is 5.93. The number of hydrogen-bond donors (Lipinski definition) is 1. The van der Waals surface area contributed by atoms with Crippen LogP contribution in [0.15, 0.2) is 71.4 Å². The molecule has 1 atom stereocenters. The summed E-state index contributed by atoms with van der Waals surface area (Å²) in [4.78, 5) is 0. The average Bonchev–Trinajstić information content (AvgIpc) is 3.00. The molecule has 3 rings (SSSR count). The van der Waals surface area contributed by atoms with Crippen LogP contribution >= 0.6 is 11.3 Å². The number of rotatable bonds is 4. The highest BCUT2D eigenvalue weighted by atomic mass is 32.1. The predicted molar refractivity (Wildman–Crippen MR) is 87.4 cm³/mol. The molecule has 2 heteroatoms. The molecule has 0 fully saturated rings. The van der Waals surface area contributed by atoms with E-state index >= 15 is 0 Å². The van der Waals surface area contributed by atoms with Crippen LogP contribution in [0, 0.1) is 6.92 Å². The monoisotopic (exact) mass is 279 g/mol. The van der Waals surface area contributed by atoms with Gasteiger partial charge in [0.25, 0.3) is 0 Å². The smallest absolute Gasteiger partial charge is 0.0770 e. The molecule has 3 aromatic rings. The van der Waals surface area contributed by atoms with Crippen molar-refractivity contribution in [3.8, 4) is 0 Å². The standard InChI is InChI=1S/C18H17NS/c1-14-7-5-6-10-17(14)18(15-8-3-2-4-9-15)19-16-11-12-20-13-16/h2-13,18-19H,1H3. The highest BCUT2D eigenvalue weighted by Crippen LogP contribution is 2.29. The third-order valence-corrected chi connectivity index (χ3v) is 4.15. The van der Waals surface area contributed by atoms with Crippen molar-refractivity contribution in [3.05, 3.63) is 88.1 Å². The molecule has 1 nitrogen and oxygen atoms in total. The zero-order valence-electron chi connectivity index (χ0n) is 11.4. The topological polar surface area (TPSA) is 12.0 Å². The quantitative estimate of drug-likeness (QED) is 0.687. The van der Waals surface area contributed by atoms with E-state index in [1.54, 1.807) is 11.3 Å². The third kappa shape index (κ3) is 2.75. The van der Waals surface area contributed by atoms with Crippen LogP contribution in [-0.4, -0.2) is 0 Å². The summed E-state index contributed by atoms with van der Waals surface area (Å²) >= 11 is 1.71. The van der Waals surface area contributed by atoms with Gasteiger partial charge in [0.05, 0.1) is 6.04 Å². The Balaban J connectivity index is 2.02. The van der Waals surface area contributed by atoms with Gasteiger partial charge in [0.2, 0.25) is 0 Å². The first-order valence-electron chi connectivity index (χ1n) is 6.74. The SMILES string of the molecule is Cc1ccccc1C(Nc1ccsc1)c1ccccc1. The molecule has 0 saturated carbocycles. The van der Waals surface area contributed by atoms with Gasteiger partial charge in [-0.3, -0.25) is 0 Å². The lowest BCUT2D eigenvalue weighted by Crippen LogP contribution is -2.13. The van der Waals surface area contributed by atoms with Gasteiger partial charge in [-0.2, -0.15) is 11.3 Å². The molecule has 0 saturated heterocycles. The summed E-state index contributed by atoms with van der Waals surface area (Å²) in [6.07, 6.45) is 0. The minimum atomic E-state index is 0.187. The maximum absolute atomic E-state index is 3.64. The summed E-state index contributed by atoms with van der Waals surface area (Å²) in [5, 5.41) is 7.89. The van der Waals surface area contributed by atoms with E-state index in [1.165, 1.54) is 22.4 Å². The number of nitrogens with one attached hydrogen (secondary N) is 1. The number of benzene rings is 2. The van der Waals surface area contributed by atoms with Crippen molar-refractivity contribution in [1.82, 2.24) is 0 Å². The molecule has 20 heavy (non-hydrogen) atoms. The average molecular weight is 279 g/mol. The Bertz CT molecular complexity index is 659. The van der Waals surface area contributed by atoms with Crippen molar-refractivity contribution < 1.29 is 0 Å². The molecule has 0 radical (unpaired) electrons. The summed E-state index contributed by atoms with van der Waals surface area (Å²) in [5.74, 6) is 0. The maximum atomic E-state index is 3.64. The maximum Gasteiger partial charge on any atom is 0.0770 e. The molecule has 1 unspecified atom stereocenters. The van der Waals surface area contributed by atoms with Gasteiger partial charge in [0, 0.05) is 11.1 Å². The lowest BCUT2D eigenvalue weighted by atomic mass is 9.95. The zero-order chi connectivity index (χ0) is 13.8. The predicted octanol–water partition coefficient (Wildman–Crippen LogP) is 5.26. The Kier molecular flexibility index (Phi) is 3.84. The minimum Gasteiger partial charge on any atom is -0.373 e. The second-order valence-electron chi connectivity index (χ2n) is 4.86. The van der Waals surface area contributed by atoms with Crippen LogP contribution in [0.3, 0.4) is 0 Å². The molecular formula is C18H17NS. The molecule has 0 aliphatic carbocycles. The van der Waals surface area contributed by atoms with Crippen molar-refractivity contribution in [3.63, 3.8) is 0 Å². The van der Waals surface area contributed by atoms with Crippen LogP contribution < -0.4 is 5.32 Å². The van der Waals surface area contributed by atoms with Crippen molar-refractivity contribution in [2.24, 2.45) is 0 Å². The van der Waals surface area contributed by atoms with E-state index in [0.29, 0.717) is 0 Å². The molecule has 0 amide bonds. The molecule has 0 spiro atoms. The van der Waals surface area contributed by atoms with Gasteiger partial charge in [-0.1, -0.05) is 54.6 Å². The fourth-order valence-corrected chi connectivity index (χ4v) is 3.01. The summed E-state index contributed by atoms with van der Waals surface area (Å²) in [5.41, 5.74) is 5.09. The Labute approximate surface area is 123 Å². The molecular weight excluding hydrogens is 262 g/mol. The van der Waals surface area contributed by atoms with Gasteiger partial charge in [-0.15, -0.1) is 0 Å². The Morgan fingerprint density at radius 1 is 0.900 bits per heavy atom. The number of hydrogen-bond acceptors (Lipinski definition) is 2. The lowest BCUT2D eigenvalue weighted by molar-refractivity contribution is 0.928. The normalized spacial score (nSPS) is 12.1. The molecule has 1 heterocycles. The number of anilines is 1. The molecule has 2 aromatic carbocycles. The van der Waals surface area contributed by atoms with E-state index in [4.69, 9.17) is 0 Å². The van der Waals surface area contributed by atoms with Crippen molar-refractivity contribution in [2.45, 2.75) is 13.0 Å². The van der Waals surface area contributed by atoms with E-state index in [-0.39, 0.29) is 6.04 Å². The summed E-state index contributed by atoms with van der Waals surface area (Å²) in [7, 11) is 0.